The van der Waals surface area contributed by atoms with Crippen molar-refractivity contribution in [1.82, 2.24) is 0 Å². The molecular weight excluding hydrogens is 207 g/mol. The van der Waals surface area contributed by atoms with Gasteiger partial charge in [0.1, 0.15) is 4.88 Å². The van der Waals surface area contributed by atoms with Gasteiger partial charge in [-0.1, -0.05) is 0 Å². The molecule has 7 heteroatoms. The third kappa shape index (κ3) is 1.97. The fourth-order valence-corrected chi connectivity index (χ4v) is 1.65. The summed E-state index contributed by atoms with van der Waals surface area (Å²) in [5.41, 5.74) is -0.475. The zero-order chi connectivity index (χ0) is 10.2. The highest BCUT2D eigenvalue weighted by molar-refractivity contribution is 7.12. The van der Waals surface area contributed by atoms with Crippen LogP contribution in [0.5, 0.6) is 0 Å². The van der Waals surface area contributed by atoms with Gasteiger partial charge < -0.3 is 0 Å². The van der Waals surface area contributed by atoms with Crippen LogP contribution in [0.25, 0.3) is 0 Å². The Bertz CT molecular complexity index is 344. The molecule has 0 aliphatic rings. The van der Waals surface area contributed by atoms with Crippen LogP contribution in [0.3, 0.4) is 0 Å². The normalized spacial score (nSPS) is 11.7. The number of thiophene rings is 1. The topological polar surface area (TPSA) is 43.1 Å². The first-order valence-corrected chi connectivity index (χ1v) is 3.96. The van der Waals surface area contributed by atoms with Crippen LogP contribution in [-0.4, -0.2) is 4.92 Å². The van der Waals surface area contributed by atoms with Crippen molar-refractivity contribution in [2.24, 2.45) is 0 Å². The molecule has 0 saturated carbocycles. The first-order valence-electron chi connectivity index (χ1n) is 3.14. The Hall–Kier alpha value is -1.11. The second kappa shape index (κ2) is 2.99. The minimum absolute atomic E-state index is 0.0670. The van der Waals surface area contributed by atoms with E-state index in [2.05, 4.69) is 0 Å². The van der Waals surface area contributed by atoms with E-state index >= 15 is 0 Å². The molecule has 1 rings (SSSR count). The molecule has 0 saturated heterocycles. The maximum Gasteiger partial charge on any atom is 0.425 e. The summed E-state index contributed by atoms with van der Waals surface area (Å²) in [6, 6.07) is 0.556. The molecule has 0 atom stereocenters. The lowest BCUT2D eigenvalue weighted by molar-refractivity contribution is -0.385. The largest absolute Gasteiger partial charge is 0.425 e. The number of alkyl halides is 3. The first kappa shape index (κ1) is 9.97. The second-order valence-corrected chi connectivity index (χ2v) is 3.56. The molecule has 0 fully saturated rings. The number of nitro groups is 1. The standard InChI is InChI=1S/C6H4F3NO2S/c1-3-4(10(11)12)2-5(13-3)6(7,8)9/h2H,1H3. The predicted molar refractivity (Wildman–Crippen MR) is 40.7 cm³/mol. The number of rotatable bonds is 1. The lowest BCUT2D eigenvalue weighted by Gasteiger charge is -1.99. The van der Waals surface area contributed by atoms with Crippen LogP contribution in [0.1, 0.15) is 9.75 Å². The summed E-state index contributed by atoms with van der Waals surface area (Å²) in [5.74, 6) is 0. The van der Waals surface area contributed by atoms with Gasteiger partial charge in [0.2, 0.25) is 0 Å². The Balaban J connectivity index is 3.17. The van der Waals surface area contributed by atoms with Gasteiger partial charge >= 0.3 is 6.18 Å². The SMILES string of the molecule is Cc1sc(C(F)(F)F)cc1[N+](=O)[O-]. The third-order valence-electron chi connectivity index (χ3n) is 1.37. The molecule has 3 nitrogen and oxygen atoms in total. The summed E-state index contributed by atoms with van der Waals surface area (Å²) >= 11 is 0.383. The maximum atomic E-state index is 12.0. The van der Waals surface area contributed by atoms with Gasteiger partial charge in [-0.15, -0.1) is 11.3 Å². The maximum absolute atomic E-state index is 12.0. The van der Waals surface area contributed by atoms with E-state index in [1.807, 2.05) is 0 Å². The Morgan fingerprint density at radius 1 is 1.54 bits per heavy atom. The molecule has 0 bridgehead atoms. The summed E-state index contributed by atoms with van der Waals surface area (Å²) in [4.78, 5) is 8.52. The molecule has 1 aromatic rings. The van der Waals surface area contributed by atoms with Crippen LogP contribution < -0.4 is 0 Å². The van der Waals surface area contributed by atoms with Crippen molar-refractivity contribution in [2.75, 3.05) is 0 Å². The van der Waals surface area contributed by atoms with Crippen molar-refractivity contribution in [2.45, 2.75) is 13.1 Å². The molecule has 1 heterocycles. The predicted octanol–water partition coefficient (Wildman–Crippen LogP) is 2.98. The summed E-state index contributed by atoms with van der Waals surface area (Å²) in [7, 11) is 0. The van der Waals surface area contributed by atoms with Gasteiger partial charge in [0.15, 0.2) is 0 Å². The number of halogens is 3. The third-order valence-corrected chi connectivity index (χ3v) is 2.45. The molecule has 0 radical (unpaired) electrons. The Morgan fingerprint density at radius 3 is 2.31 bits per heavy atom. The van der Waals surface area contributed by atoms with Crippen LogP contribution >= 0.6 is 11.3 Å². The fourth-order valence-electron chi connectivity index (χ4n) is 0.793. The van der Waals surface area contributed by atoms with E-state index in [1.165, 1.54) is 6.92 Å². The minimum Gasteiger partial charge on any atom is -0.258 e. The molecule has 1 aromatic heterocycles. The van der Waals surface area contributed by atoms with Gasteiger partial charge in [-0.25, -0.2) is 0 Å². The van der Waals surface area contributed by atoms with E-state index in [9.17, 15) is 23.3 Å². The lowest BCUT2D eigenvalue weighted by Crippen LogP contribution is -2.00. The summed E-state index contributed by atoms with van der Waals surface area (Å²) < 4.78 is 36.1. The zero-order valence-corrected chi connectivity index (χ0v) is 7.20. The molecule has 72 valence electrons. The van der Waals surface area contributed by atoms with Crippen molar-refractivity contribution >= 4 is 17.0 Å². The fraction of sp³-hybridized carbons (Fsp3) is 0.333. The lowest BCUT2D eigenvalue weighted by atomic mass is 10.4. The van der Waals surface area contributed by atoms with Crippen LogP contribution in [0.4, 0.5) is 18.9 Å². The quantitative estimate of drug-likeness (QED) is 0.529. The average Bonchev–Trinajstić information content (AvgIpc) is 2.29. The molecule has 13 heavy (non-hydrogen) atoms. The smallest absolute Gasteiger partial charge is 0.258 e. The first-order chi connectivity index (χ1) is 5.82. The van der Waals surface area contributed by atoms with E-state index < -0.39 is 21.7 Å². The Labute approximate surface area is 75.0 Å². The van der Waals surface area contributed by atoms with Crippen molar-refractivity contribution < 1.29 is 18.1 Å². The van der Waals surface area contributed by atoms with E-state index in [0.29, 0.717) is 17.4 Å². The number of hydrogen-bond acceptors (Lipinski definition) is 3. The summed E-state index contributed by atoms with van der Waals surface area (Å²) in [6.07, 6.45) is -4.50. The molecule has 0 N–H and O–H groups in total. The summed E-state index contributed by atoms with van der Waals surface area (Å²) in [6.45, 7) is 1.29. The van der Waals surface area contributed by atoms with E-state index in [-0.39, 0.29) is 4.88 Å². The molecular formula is C6H4F3NO2S. The van der Waals surface area contributed by atoms with Crippen molar-refractivity contribution in [3.8, 4) is 0 Å². The second-order valence-electron chi connectivity index (χ2n) is 2.31. The van der Waals surface area contributed by atoms with Crippen LogP contribution in [0, 0.1) is 17.0 Å². The highest BCUT2D eigenvalue weighted by atomic mass is 32.1. The molecule has 0 amide bonds. The van der Waals surface area contributed by atoms with Gasteiger partial charge in [0.25, 0.3) is 5.69 Å². The number of nitrogens with zero attached hydrogens (tertiary/aromatic N) is 1. The monoisotopic (exact) mass is 211 g/mol. The minimum atomic E-state index is -4.50. The van der Waals surface area contributed by atoms with Crippen LogP contribution in [-0.2, 0) is 6.18 Å². The van der Waals surface area contributed by atoms with Gasteiger partial charge in [-0.3, -0.25) is 10.1 Å². The average molecular weight is 211 g/mol. The number of hydrogen-bond donors (Lipinski definition) is 0. The molecule has 0 aromatic carbocycles. The van der Waals surface area contributed by atoms with Crippen LogP contribution in [0.15, 0.2) is 6.07 Å². The van der Waals surface area contributed by atoms with Gasteiger partial charge in [-0.05, 0) is 6.92 Å². The molecule has 0 spiro atoms. The highest BCUT2D eigenvalue weighted by Crippen LogP contribution is 2.39. The van der Waals surface area contributed by atoms with E-state index in [1.54, 1.807) is 0 Å². The van der Waals surface area contributed by atoms with Crippen molar-refractivity contribution in [3.63, 3.8) is 0 Å². The Kier molecular flexibility index (Phi) is 2.29. The Morgan fingerprint density at radius 2 is 2.08 bits per heavy atom. The van der Waals surface area contributed by atoms with E-state index in [4.69, 9.17) is 0 Å². The molecule has 0 unspecified atom stereocenters. The van der Waals surface area contributed by atoms with E-state index in [0.717, 1.165) is 0 Å². The van der Waals surface area contributed by atoms with Gasteiger partial charge in [0, 0.05) is 6.07 Å². The molecule has 0 aliphatic carbocycles. The van der Waals surface area contributed by atoms with Crippen LogP contribution in [0.2, 0.25) is 0 Å². The van der Waals surface area contributed by atoms with Gasteiger partial charge in [0.05, 0.1) is 9.80 Å². The highest BCUT2D eigenvalue weighted by Gasteiger charge is 2.35. The van der Waals surface area contributed by atoms with Crippen molar-refractivity contribution in [3.05, 3.63) is 25.9 Å². The summed E-state index contributed by atoms with van der Waals surface area (Å²) in [5, 5.41) is 10.2. The molecule has 0 aliphatic heterocycles. The zero-order valence-electron chi connectivity index (χ0n) is 6.38. The number of aryl methyl sites for hydroxylation is 1. The van der Waals surface area contributed by atoms with Crippen molar-refractivity contribution in [1.29, 1.82) is 0 Å². The van der Waals surface area contributed by atoms with Gasteiger partial charge in [-0.2, -0.15) is 13.2 Å².